The predicted octanol–water partition coefficient (Wildman–Crippen LogP) is 1.70. The summed E-state index contributed by atoms with van der Waals surface area (Å²) in [6.07, 6.45) is 0.651. The standard InChI is InChI=1S/C12H17NO3S/c1-3-13(6-4-12(15)16-2)11(14)8-10-5-7-17-9-10/h5,7,9H,3-4,6,8H2,1-2H3. The molecule has 0 aliphatic rings. The summed E-state index contributed by atoms with van der Waals surface area (Å²) in [6, 6.07) is 1.94. The number of hydrogen-bond donors (Lipinski definition) is 0. The summed E-state index contributed by atoms with van der Waals surface area (Å²) in [4.78, 5) is 24.6. The maximum atomic E-state index is 11.9. The Morgan fingerprint density at radius 1 is 1.47 bits per heavy atom. The van der Waals surface area contributed by atoms with E-state index in [-0.39, 0.29) is 18.3 Å². The van der Waals surface area contributed by atoms with Gasteiger partial charge >= 0.3 is 5.97 Å². The number of ether oxygens (including phenoxy) is 1. The van der Waals surface area contributed by atoms with Crippen LogP contribution in [-0.2, 0) is 20.7 Å². The molecule has 0 radical (unpaired) electrons. The Kier molecular flexibility index (Phi) is 5.69. The summed E-state index contributed by atoms with van der Waals surface area (Å²) in [6.45, 7) is 2.94. The lowest BCUT2D eigenvalue weighted by molar-refractivity contribution is -0.141. The van der Waals surface area contributed by atoms with Crippen LogP contribution in [0.5, 0.6) is 0 Å². The SMILES string of the molecule is CCN(CCC(=O)OC)C(=O)Cc1ccsc1. The first-order valence-electron chi connectivity index (χ1n) is 5.53. The Balaban J connectivity index is 2.44. The van der Waals surface area contributed by atoms with Gasteiger partial charge < -0.3 is 9.64 Å². The number of amides is 1. The molecule has 94 valence electrons. The first-order valence-corrected chi connectivity index (χ1v) is 6.47. The third-order valence-electron chi connectivity index (χ3n) is 2.48. The van der Waals surface area contributed by atoms with Gasteiger partial charge in [0.05, 0.1) is 20.0 Å². The topological polar surface area (TPSA) is 46.6 Å². The molecule has 17 heavy (non-hydrogen) atoms. The first-order chi connectivity index (χ1) is 8.17. The van der Waals surface area contributed by atoms with E-state index in [1.165, 1.54) is 7.11 Å². The van der Waals surface area contributed by atoms with Crippen molar-refractivity contribution in [2.24, 2.45) is 0 Å². The van der Waals surface area contributed by atoms with Crippen LogP contribution in [-0.4, -0.2) is 37.0 Å². The van der Waals surface area contributed by atoms with E-state index >= 15 is 0 Å². The molecule has 0 aliphatic heterocycles. The number of rotatable bonds is 6. The molecule has 5 heteroatoms. The lowest BCUT2D eigenvalue weighted by Gasteiger charge is -2.20. The van der Waals surface area contributed by atoms with Gasteiger partial charge in [0.15, 0.2) is 0 Å². The number of carbonyl (C=O) groups excluding carboxylic acids is 2. The largest absolute Gasteiger partial charge is 0.469 e. The van der Waals surface area contributed by atoms with Crippen LogP contribution in [0.25, 0.3) is 0 Å². The summed E-state index contributed by atoms with van der Waals surface area (Å²) in [5.74, 6) is -0.235. The van der Waals surface area contributed by atoms with Gasteiger partial charge in [-0.15, -0.1) is 0 Å². The molecule has 0 aliphatic carbocycles. The molecule has 0 saturated heterocycles. The van der Waals surface area contributed by atoms with E-state index < -0.39 is 0 Å². The molecule has 0 bridgehead atoms. The van der Waals surface area contributed by atoms with Crippen molar-refractivity contribution in [1.29, 1.82) is 0 Å². The van der Waals surface area contributed by atoms with Crippen molar-refractivity contribution in [2.75, 3.05) is 20.2 Å². The maximum Gasteiger partial charge on any atom is 0.307 e. The minimum atomic E-state index is -0.285. The van der Waals surface area contributed by atoms with E-state index in [4.69, 9.17) is 0 Å². The number of hydrogen-bond acceptors (Lipinski definition) is 4. The fraction of sp³-hybridized carbons (Fsp3) is 0.500. The molecule has 0 fully saturated rings. The third-order valence-corrected chi connectivity index (χ3v) is 3.22. The average molecular weight is 255 g/mol. The van der Waals surface area contributed by atoms with Crippen LogP contribution in [0.15, 0.2) is 16.8 Å². The van der Waals surface area contributed by atoms with Crippen LogP contribution in [0.1, 0.15) is 18.9 Å². The number of methoxy groups -OCH3 is 1. The molecule has 0 aromatic carbocycles. The molecule has 1 aromatic rings. The van der Waals surface area contributed by atoms with Crippen LogP contribution in [0.4, 0.5) is 0 Å². The third kappa shape index (κ3) is 4.56. The molecule has 0 unspecified atom stereocenters. The summed E-state index contributed by atoms with van der Waals surface area (Å²) < 4.78 is 4.56. The molecular formula is C12H17NO3S. The zero-order valence-electron chi connectivity index (χ0n) is 10.1. The molecular weight excluding hydrogens is 238 g/mol. The van der Waals surface area contributed by atoms with Gasteiger partial charge in [-0.25, -0.2) is 0 Å². The molecule has 0 atom stereocenters. The van der Waals surface area contributed by atoms with E-state index in [9.17, 15) is 9.59 Å². The Labute approximate surface area is 105 Å². The van der Waals surface area contributed by atoms with Crippen LogP contribution in [0, 0.1) is 0 Å². The highest BCUT2D eigenvalue weighted by Gasteiger charge is 2.14. The van der Waals surface area contributed by atoms with Crippen LogP contribution in [0.3, 0.4) is 0 Å². The summed E-state index contributed by atoms with van der Waals surface area (Å²) >= 11 is 1.58. The average Bonchev–Trinajstić information content (AvgIpc) is 2.82. The van der Waals surface area contributed by atoms with Gasteiger partial charge in [0, 0.05) is 13.1 Å². The number of thiophene rings is 1. The van der Waals surface area contributed by atoms with Crippen LogP contribution >= 0.6 is 11.3 Å². The zero-order chi connectivity index (χ0) is 12.7. The van der Waals surface area contributed by atoms with Crippen LogP contribution < -0.4 is 0 Å². The van der Waals surface area contributed by atoms with Crippen molar-refractivity contribution in [2.45, 2.75) is 19.8 Å². The van der Waals surface area contributed by atoms with Crippen LogP contribution in [0.2, 0.25) is 0 Å². The minimum absolute atomic E-state index is 0.0507. The van der Waals surface area contributed by atoms with Gasteiger partial charge in [-0.3, -0.25) is 9.59 Å². The molecule has 0 spiro atoms. The fourth-order valence-electron chi connectivity index (χ4n) is 1.47. The molecule has 0 N–H and O–H groups in total. The highest BCUT2D eigenvalue weighted by atomic mass is 32.1. The molecule has 0 saturated carbocycles. The highest BCUT2D eigenvalue weighted by Crippen LogP contribution is 2.08. The number of carbonyl (C=O) groups is 2. The van der Waals surface area contributed by atoms with Gasteiger partial charge in [-0.2, -0.15) is 11.3 Å². The van der Waals surface area contributed by atoms with Crippen molar-refractivity contribution in [3.63, 3.8) is 0 Å². The van der Waals surface area contributed by atoms with Crippen molar-refractivity contribution < 1.29 is 14.3 Å². The monoisotopic (exact) mass is 255 g/mol. The number of esters is 1. The smallest absolute Gasteiger partial charge is 0.307 e. The summed E-state index contributed by atoms with van der Waals surface area (Å²) in [5.41, 5.74) is 1.02. The molecule has 1 heterocycles. The van der Waals surface area contributed by atoms with Gasteiger partial charge in [0.25, 0.3) is 0 Å². The second-order valence-electron chi connectivity index (χ2n) is 3.61. The quantitative estimate of drug-likeness (QED) is 0.727. The second-order valence-corrected chi connectivity index (χ2v) is 4.39. The van der Waals surface area contributed by atoms with E-state index in [0.29, 0.717) is 19.5 Å². The van der Waals surface area contributed by atoms with Gasteiger partial charge in [-0.1, -0.05) is 0 Å². The van der Waals surface area contributed by atoms with Crippen molar-refractivity contribution >= 4 is 23.2 Å². The lowest BCUT2D eigenvalue weighted by Crippen LogP contribution is -2.34. The van der Waals surface area contributed by atoms with Gasteiger partial charge in [0.2, 0.25) is 5.91 Å². The van der Waals surface area contributed by atoms with E-state index in [2.05, 4.69) is 4.74 Å². The fourth-order valence-corrected chi connectivity index (χ4v) is 2.14. The van der Waals surface area contributed by atoms with Crippen molar-refractivity contribution in [1.82, 2.24) is 4.90 Å². The van der Waals surface area contributed by atoms with Gasteiger partial charge in [-0.05, 0) is 29.3 Å². The lowest BCUT2D eigenvalue weighted by atomic mass is 10.2. The molecule has 1 aromatic heterocycles. The Hall–Kier alpha value is -1.36. The van der Waals surface area contributed by atoms with E-state index in [0.717, 1.165) is 5.56 Å². The summed E-state index contributed by atoms with van der Waals surface area (Å²) in [5, 5.41) is 3.92. The van der Waals surface area contributed by atoms with Gasteiger partial charge in [0.1, 0.15) is 0 Å². The second kappa shape index (κ2) is 7.06. The molecule has 1 amide bonds. The Bertz CT molecular complexity index is 362. The number of likely N-dealkylation sites (N-methyl/N-ethyl adjacent to an activating group) is 1. The predicted molar refractivity (Wildman–Crippen MR) is 66.9 cm³/mol. The minimum Gasteiger partial charge on any atom is -0.469 e. The molecule has 1 rings (SSSR count). The van der Waals surface area contributed by atoms with Crippen molar-refractivity contribution in [3.8, 4) is 0 Å². The number of nitrogens with zero attached hydrogens (tertiary/aromatic N) is 1. The van der Waals surface area contributed by atoms with E-state index in [1.807, 2.05) is 23.8 Å². The Morgan fingerprint density at radius 2 is 2.24 bits per heavy atom. The molecule has 4 nitrogen and oxygen atoms in total. The van der Waals surface area contributed by atoms with Crippen molar-refractivity contribution in [3.05, 3.63) is 22.4 Å². The zero-order valence-corrected chi connectivity index (χ0v) is 11.0. The first kappa shape index (κ1) is 13.7. The summed E-state index contributed by atoms with van der Waals surface area (Å²) in [7, 11) is 1.35. The normalized spacial score (nSPS) is 10.0. The highest BCUT2D eigenvalue weighted by molar-refractivity contribution is 7.07. The maximum absolute atomic E-state index is 11.9. The Morgan fingerprint density at radius 3 is 2.76 bits per heavy atom. The van der Waals surface area contributed by atoms with E-state index in [1.54, 1.807) is 16.2 Å².